The molecule has 1 aliphatic rings. The molecule has 0 aromatic heterocycles. The van der Waals surface area contributed by atoms with Gasteiger partial charge in [0.15, 0.2) is 0 Å². The molecule has 88 valence electrons. The maximum Gasteiger partial charge on any atom is 0.0640 e. The Labute approximate surface area is 103 Å². The fourth-order valence-electron chi connectivity index (χ4n) is 2.18. The van der Waals surface area contributed by atoms with Gasteiger partial charge < -0.3 is 10.2 Å². The lowest BCUT2D eigenvalue weighted by molar-refractivity contribution is 0.379. The molecule has 0 radical (unpaired) electrons. The highest BCUT2D eigenvalue weighted by Gasteiger charge is 2.19. The Hall–Kier alpha value is -0.730. The van der Waals surface area contributed by atoms with Crippen LogP contribution in [0.4, 0.5) is 5.69 Å². The van der Waals surface area contributed by atoms with Gasteiger partial charge in [-0.1, -0.05) is 23.7 Å². The number of para-hydroxylation sites is 1. The number of hydrogen-bond acceptors (Lipinski definition) is 2. The van der Waals surface area contributed by atoms with Gasteiger partial charge in [0.25, 0.3) is 0 Å². The van der Waals surface area contributed by atoms with Gasteiger partial charge in [0.1, 0.15) is 0 Å². The average Bonchev–Trinajstić information content (AvgIpc) is 2.27. The smallest absolute Gasteiger partial charge is 0.0640 e. The molecule has 1 N–H and O–H groups in total. The summed E-state index contributed by atoms with van der Waals surface area (Å²) in [6.45, 7) is 1.12. The molecule has 1 atom stereocenters. The van der Waals surface area contributed by atoms with Crippen LogP contribution in [0.5, 0.6) is 0 Å². The number of halogens is 1. The van der Waals surface area contributed by atoms with E-state index in [1.54, 1.807) is 0 Å². The number of nitrogens with one attached hydrogen (secondary N) is 1. The molecule has 0 fully saturated rings. The van der Waals surface area contributed by atoms with Gasteiger partial charge in [0, 0.05) is 6.04 Å². The molecule has 1 aromatic carbocycles. The van der Waals surface area contributed by atoms with Crippen molar-refractivity contribution in [2.45, 2.75) is 25.3 Å². The Bertz CT molecular complexity index is 363. The molecule has 0 amide bonds. The van der Waals surface area contributed by atoms with E-state index in [0.717, 1.165) is 23.7 Å². The second-order valence-electron chi connectivity index (χ2n) is 4.75. The summed E-state index contributed by atoms with van der Waals surface area (Å²) >= 11 is 6.20. The number of aryl methyl sites for hydroxylation is 1. The van der Waals surface area contributed by atoms with Crippen LogP contribution in [0.2, 0.25) is 5.02 Å². The summed E-state index contributed by atoms with van der Waals surface area (Å²) in [6.07, 6.45) is 3.53. The number of rotatable bonds is 3. The van der Waals surface area contributed by atoms with E-state index in [9.17, 15) is 0 Å². The lowest BCUT2D eigenvalue weighted by Gasteiger charge is -2.28. The first-order chi connectivity index (χ1) is 7.66. The summed E-state index contributed by atoms with van der Waals surface area (Å²) in [5, 5.41) is 4.42. The van der Waals surface area contributed by atoms with Crippen LogP contribution < -0.4 is 5.32 Å². The maximum atomic E-state index is 6.20. The van der Waals surface area contributed by atoms with Crippen molar-refractivity contribution in [3.8, 4) is 0 Å². The predicted molar refractivity (Wildman–Crippen MR) is 70.4 cm³/mol. The fraction of sp³-hybridized carbons (Fsp3) is 0.538. The van der Waals surface area contributed by atoms with Gasteiger partial charge in [-0.15, -0.1) is 0 Å². The zero-order chi connectivity index (χ0) is 11.5. The average molecular weight is 239 g/mol. The van der Waals surface area contributed by atoms with Crippen molar-refractivity contribution in [3.63, 3.8) is 0 Å². The van der Waals surface area contributed by atoms with Gasteiger partial charge >= 0.3 is 0 Å². The van der Waals surface area contributed by atoms with Crippen LogP contribution in [-0.4, -0.2) is 31.6 Å². The Morgan fingerprint density at radius 2 is 2.25 bits per heavy atom. The van der Waals surface area contributed by atoms with Crippen molar-refractivity contribution in [1.82, 2.24) is 4.90 Å². The fourth-order valence-corrected chi connectivity index (χ4v) is 2.42. The second-order valence-corrected chi connectivity index (χ2v) is 5.15. The third-order valence-corrected chi connectivity index (χ3v) is 3.45. The number of nitrogens with zero attached hydrogens (tertiary/aromatic N) is 1. The van der Waals surface area contributed by atoms with Crippen molar-refractivity contribution < 1.29 is 0 Å². The third-order valence-electron chi connectivity index (χ3n) is 3.14. The summed E-state index contributed by atoms with van der Waals surface area (Å²) in [7, 11) is 4.23. The predicted octanol–water partition coefficient (Wildman–Crippen LogP) is 3.02. The van der Waals surface area contributed by atoms with E-state index < -0.39 is 0 Å². The van der Waals surface area contributed by atoms with Crippen molar-refractivity contribution >= 4 is 17.3 Å². The normalized spacial score (nSPS) is 19.4. The molecule has 2 rings (SSSR count). The van der Waals surface area contributed by atoms with Crippen LogP contribution in [0, 0.1) is 0 Å². The highest BCUT2D eigenvalue weighted by Crippen LogP contribution is 2.32. The van der Waals surface area contributed by atoms with Crippen LogP contribution in [0.15, 0.2) is 18.2 Å². The van der Waals surface area contributed by atoms with Crippen molar-refractivity contribution in [3.05, 3.63) is 28.8 Å². The largest absolute Gasteiger partial charge is 0.381 e. The lowest BCUT2D eigenvalue weighted by atomic mass is 9.96. The van der Waals surface area contributed by atoms with Crippen LogP contribution in [0.1, 0.15) is 18.4 Å². The van der Waals surface area contributed by atoms with E-state index >= 15 is 0 Å². The standard InChI is InChI=1S/C13H19ClN2/c1-16(2)9-8-11-7-6-10-4-3-5-12(14)13(10)15-11/h3-5,11,15H,6-9H2,1-2H3. The van der Waals surface area contributed by atoms with Gasteiger partial charge in [0.2, 0.25) is 0 Å². The number of anilines is 1. The minimum atomic E-state index is 0.565. The molecule has 1 aliphatic heterocycles. The van der Waals surface area contributed by atoms with E-state index in [-0.39, 0.29) is 0 Å². The lowest BCUT2D eigenvalue weighted by Crippen LogP contribution is -2.29. The SMILES string of the molecule is CN(C)CCC1CCc2cccc(Cl)c2N1. The minimum absolute atomic E-state index is 0.565. The monoisotopic (exact) mass is 238 g/mol. The first-order valence-corrected chi connectivity index (χ1v) is 6.23. The zero-order valence-corrected chi connectivity index (χ0v) is 10.7. The van der Waals surface area contributed by atoms with Gasteiger partial charge in [-0.05, 0) is 51.5 Å². The van der Waals surface area contributed by atoms with Crippen molar-refractivity contribution in [2.75, 3.05) is 26.0 Å². The Morgan fingerprint density at radius 1 is 1.44 bits per heavy atom. The maximum absolute atomic E-state index is 6.20. The van der Waals surface area contributed by atoms with E-state index in [2.05, 4.69) is 30.4 Å². The molecule has 1 unspecified atom stereocenters. The van der Waals surface area contributed by atoms with Crippen LogP contribution in [-0.2, 0) is 6.42 Å². The molecule has 0 bridgehead atoms. The Kier molecular flexibility index (Phi) is 3.72. The zero-order valence-electron chi connectivity index (χ0n) is 9.96. The first-order valence-electron chi connectivity index (χ1n) is 5.85. The van der Waals surface area contributed by atoms with Crippen molar-refractivity contribution in [2.24, 2.45) is 0 Å². The molecule has 1 aromatic rings. The molecular weight excluding hydrogens is 220 g/mol. The molecule has 0 aliphatic carbocycles. The van der Waals surface area contributed by atoms with Crippen molar-refractivity contribution in [1.29, 1.82) is 0 Å². The summed E-state index contributed by atoms with van der Waals surface area (Å²) in [4.78, 5) is 2.23. The minimum Gasteiger partial charge on any atom is -0.381 e. The second kappa shape index (κ2) is 5.07. The molecule has 3 heteroatoms. The number of benzene rings is 1. The van der Waals surface area contributed by atoms with Crippen LogP contribution in [0.25, 0.3) is 0 Å². The molecule has 0 saturated carbocycles. The molecule has 16 heavy (non-hydrogen) atoms. The van der Waals surface area contributed by atoms with Crippen LogP contribution >= 0.6 is 11.6 Å². The molecule has 1 heterocycles. The van der Waals surface area contributed by atoms with Gasteiger partial charge in [-0.25, -0.2) is 0 Å². The highest BCUT2D eigenvalue weighted by atomic mass is 35.5. The van der Waals surface area contributed by atoms with E-state index in [4.69, 9.17) is 11.6 Å². The molecular formula is C13H19ClN2. The third kappa shape index (κ3) is 2.69. The molecule has 0 spiro atoms. The van der Waals surface area contributed by atoms with E-state index in [1.807, 2.05) is 12.1 Å². The van der Waals surface area contributed by atoms with E-state index in [0.29, 0.717) is 6.04 Å². The topological polar surface area (TPSA) is 15.3 Å². The summed E-state index contributed by atoms with van der Waals surface area (Å²) in [5.74, 6) is 0. The highest BCUT2D eigenvalue weighted by molar-refractivity contribution is 6.33. The first kappa shape index (κ1) is 11.7. The number of fused-ring (bicyclic) bond motifs is 1. The number of hydrogen-bond donors (Lipinski definition) is 1. The van der Waals surface area contributed by atoms with E-state index in [1.165, 1.54) is 18.4 Å². The summed E-state index contributed by atoms with van der Waals surface area (Å²) in [6, 6.07) is 6.72. The molecule has 0 saturated heterocycles. The quantitative estimate of drug-likeness (QED) is 0.871. The summed E-state index contributed by atoms with van der Waals surface area (Å²) < 4.78 is 0. The summed E-state index contributed by atoms with van der Waals surface area (Å²) in [5.41, 5.74) is 2.51. The van der Waals surface area contributed by atoms with Crippen LogP contribution in [0.3, 0.4) is 0 Å². The Balaban J connectivity index is 2.03. The molecule has 2 nitrogen and oxygen atoms in total. The van der Waals surface area contributed by atoms with Gasteiger partial charge in [0.05, 0.1) is 10.7 Å². The Morgan fingerprint density at radius 3 is 3.00 bits per heavy atom. The van der Waals surface area contributed by atoms with Gasteiger partial charge in [-0.3, -0.25) is 0 Å². The van der Waals surface area contributed by atoms with Gasteiger partial charge in [-0.2, -0.15) is 0 Å².